The lowest BCUT2D eigenvalue weighted by Gasteiger charge is -2.23. The van der Waals surface area contributed by atoms with Crippen molar-refractivity contribution in [1.82, 2.24) is 4.90 Å². The highest BCUT2D eigenvalue weighted by molar-refractivity contribution is 5.79. The van der Waals surface area contributed by atoms with Crippen molar-refractivity contribution in [2.45, 2.75) is 32.2 Å². The minimum absolute atomic E-state index is 0.215. The van der Waals surface area contributed by atoms with Gasteiger partial charge in [0.15, 0.2) is 0 Å². The molecular formula is C14H20N2O. The van der Waals surface area contributed by atoms with Crippen LogP contribution in [0, 0.1) is 6.92 Å². The summed E-state index contributed by atoms with van der Waals surface area (Å²) >= 11 is 0. The van der Waals surface area contributed by atoms with E-state index in [-0.39, 0.29) is 11.9 Å². The van der Waals surface area contributed by atoms with Crippen molar-refractivity contribution in [3.05, 3.63) is 35.4 Å². The second kappa shape index (κ2) is 5.32. The molecule has 2 N–H and O–H groups in total. The predicted molar refractivity (Wildman–Crippen MR) is 68.7 cm³/mol. The van der Waals surface area contributed by atoms with Gasteiger partial charge in [-0.05, 0) is 30.9 Å². The van der Waals surface area contributed by atoms with E-state index >= 15 is 0 Å². The molecule has 1 heterocycles. The number of amides is 1. The van der Waals surface area contributed by atoms with Gasteiger partial charge in [-0.15, -0.1) is 0 Å². The molecule has 1 aromatic rings. The molecule has 17 heavy (non-hydrogen) atoms. The summed E-state index contributed by atoms with van der Waals surface area (Å²) in [4.78, 5) is 14.2. The number of carbonyl (C=O) groups excluding carboxylic acids is 1. The van der Waals surface area contributed by atoms with E-state index in [0.717, 1.165) is 24.9 Å². The monoisotopic (exact) mass is 232 g/mol. The van der Waals surface area contributed by atoms with Crippen LogP contribution < -0.4 is 5.73 Å². The van der Waals surface area contributed by atoms with E-state index in [1.165, 1.54) is 5.56 Å². The third kappa shape index (κ3) is 2.67. The minimum atomic E-state index is 0.215. The quantitative estimate of drug-likeness (QED) is 0.858. The first-order valence-electron chi connectivity index (χ1n) is 6.26. The lowest BCUT2D eigenvalue weighted by atomic mass is 10.1. The van der Waals surface area contributed by atoms with Crippen LogP contribution in [0.2, 0.25) is 0 Å². The smallest absolute Gasteiger partial charge is 0.227 e. The highest BCUT2D eigenvalue weighted by Gasteiger charge is 2.27. The first kappa shape index (κ1) is 12.1. The van der Waals surface area contributed by atoms with Crippen LogP contribution in [-0.4, -0.2) is 29.9 Å². The SMILES string of the molecule is Cc1ccccc1CC(=O)N1CCCC1CN. The number of benzene rings is 1. The van der Waals surface area contributed by atoms with E-state index in [9.17, 15) is 4.79 Å². The first-order valence-corrected chi connectivity index (χ1v) is 6.26. The normalized spacial score (nSPS) is 19.6. The van der Waals surface area contributed by atoms with Gasteiger partial charge in [0.05, 0.1) is 6.42 Å². The number of likely N-dealkylation sites (tertiary alicyclic amines) is 1. The standard InChI is InChI=1S/C14H20N2O/c1-11-5-2-3-6-12(11)9-14(17)16-8-4-7-13(16)10-15/h2-3,5-6,13H,4,7-10,15H2,1H3. The molecule has 0 aliphatic carbocycles. The zero-order chi connectivity index (χ0) is 12.3. The Kier molecular flexibility index (Phi) is 3.79. The molecule has 0 aromatic heterocycles. The number of aryl methyl sites for hydroxylation is 1. The number of hydrogen-bond acceptors (Lipinski definition) is 2. The lowest BCUT2D eigenvalue weighted by Crippen LogP contribution is -2.40. The van der Waals surface area contributed by atoms with Gasteiger partial charge in [0, 0.05) is 19.1 Å². The molecule has 3 heteroatoms. The molecule has 1 aromatic carbocycles. The third-order valence-corrected chi connectivity index (χ3v) is 3.57. The molecule has 1 saturated heterocycles. The Labute approximate surface area is 103 Å². The molecule has 1 aliphatic rings. The van der Waals surface area contributed by atoms with Crippen LogP contribution in [0.5, 0.6) is 0 Å². The lowest BCUT2D eigenvalue weighted by molar-refractivity contribution is -0.131. The Bertz CT molecular complexity index is 403. The van der Waals surface area contributed by atoms with Gasteiger partial charge in [-0.25, -0.2) is 0 Å². The molecular weight excluding hydrogens is 212 g/mol. The molecule has 92 valence electrons. The van der Waals surface area contributed by atoms with Crippen molar-refractivity contribution in [2.24, 2.45) is 5.73 Å². The Morgan fingerprint density at radius 2 is 2.24 bits per heavy atom. The maximum absolute atomic E-state index is 12.2. The fraction of sp³-hybridized carbons (Fsp3) is 0.500. The van der Waals surface area contributed by atoms with Crippen LogP contribution in [0.4, 0.5) is 0 Å². The van der Waals surface area contributed by atoms with E-state index in [4.69, 9.17) is 5.73 Å². The maximum Gasteiger partial charge on any atom is 0.227 e. The Hall–Kier alpha value is -1.35. The average Bonchev–Trinajstić information content (AvgIpc) is 2.80. The fourth-order valence-electron chi connectivity index (χ4n) is 2.48. The highest BCUT2D eigenvalue weighted by atomic mass is 16.2. The molecule has 1 amide bonds. The molecule has 1 aliphatic heterocycles. The Morgan fingerprint density at radius 1 is 1.47 bits per heavy atom. The van der Waals surface area contributed by atoms with Crippen molar-refractivity contribution in [3.63, 3.8) is 0 Å². The molecule has 0 radical (unpaired) electrons. The van der Waals surface area contributed by atoms with E-state index in [0.29, 0.717) is 13.0 Å². The van der Waals surface area contributed by atoms with Crippen LogP contribution in [-0.2, 0) is 11.2 Å². The van der Waals surface area contributed by atoms with Gasteiger partial charge in [0.2, 0.25) is 5.91 Å². The molecule has 2 rings (SSSR count). The Balaban J connectivity index is 2.04. The summed E-state index contributed by atoms with van der Waals surface area (Å²) in [5.41, 5.74) is 8.00. The van der Waals surface area contributed by atoms with Gasteiger partial charge >= 0.3 is 0 Å². The van der Waals surface area contributed by atoms with E-state index in [2.05, 4.69) is 0 Å². The van der Waals surface area contributed by atoms with Gasteiger partial charge < -0.3 is 10.6 Å². The fourth-order valence-corrected chi connectivity index (χ4v) is 2.48. The molecule has 0 saturated carbocycles. The van der Waals surface area contributed by atoms with E-state index in [1.54, 1.807) is 0 Å². The van der Waals surface area contributed by atoms with Crippen LogP contribution >= 0.6 is 0 Å². The average molecular weight is 232 g/mol. The van der Waals surface area contributed by atoms with Gasteiger partial charge in [-0.3, -0.25) is 4.79 Å². The second-order valence-corrected chi connectivity index (χ2v) is 4.72. The summed E-state index contributed by atoms with van der Waals surface area (Å²) in [6.45, 7) is 3.50. The van der Waals surface area contributed by atoms with Gasteiger partial charge in [0.1, 0.15) is 0 Å². The van der Waals surface area contributed by atoms with E-state index in [1.807, 2.05) is 36.1 Å². The molecule has 1 fully saturated rings. The number of carbonyl (C=O) groups is 1. The number of nitrogens with two attached hydrogens (primary N) is 1. The van der Waals surface area contributed by atoms with Crippen LogP contribution in [0.3, 0.4) is 0 Å². The summed E-state index contributed by atoms with van der Waals surface area (Å²) in [5.74, 6) is 0.215. The summed E-state index contributed by atoms with van der Waals surface area (Å²) in [6, 6.07) is 8.32. The third-order valence-electron chi connectivity index (χ3n) is 3.57. The zero-order valence-electron chi connectivity index (χ0n) is 10.4. The van der Waals surface area contributed by atoms with Crippen LogP contribution in [0.25, 0.3) is 0 Å². The second-order valence-electron chi connectivity index (χ2n) is 4.72. The predicted octanol–water partition coefficient (Wildman–Crippen LogP) is 1.49. The zero-order valence-corrected chi connectivity index (χ0v) is 10.4. The summed E-state index contributed by atoms with van der Waals surface area (Å²) in [5, 5.41) is 0. The molecule has 1 atom stereocenters. The summed E-state index contributed by atoms with van der Waals surface area (Å²) in [6.07, 6.45) is 2.64. The van der Waals surface area contributed by atoms with Crippen molar-refractivity contribution < 1.29 is 4.79 Å². The molecule has 1 unspecified atom stereocenters. The molecule has 0 spiro atoms. The summed E-state index contributed by atoms with van der Waals surface area (Å²) in [7, 11) is 0. The highest BCUT2D eigenvalue weighted by Crippen LogP contribution is 2.18. The first-order chi connectivity index (χ1) is 8.22. The summed E-state index contributed by atoms with van der Waals surface area (Å²) < 4.78 is 0. The van der Waals surface area contributed by atoms with Gasteiger partial charge in [-0.2, -0.15) is 0 Å². The van der Waals surface area contributed by atoms with Crippen molar-refractivity contribution in [1.29, 1.82) is 0 Å². The van der Waals surface area contributed by atoms with Crippen molar-refractivity contribution in [3.8, 4) is 0 Å². The Morgan fingerprint density at radius 3 is 2.94 bits per heavy atom. The van der Waals surface area contributed by atoms with Gasteiger partial charge in [0.25, 0.3) is 0 Å². The van der Waals surface area contributed by atoms with Crippen LogP contribution in [0.15, 0.2) is 24.3 Å². The number of nitrogens with zero attached hydrogens (tertiary/aromatic N) is 1. The largest absolute Gasteiger partial charge is 0.338 e. The van der Waals surface area contributed by atoms with Crippen molar-refractivity contribution >= 4 is 5.91 Å². The van der Waals surface area contributed by atoms with E-state index < -0.39 is 0 Å². The number of rotatable bonds is 3. The van der Waals surface area contributed by atoms with Crippen LogP contribution in [0.1, 0.15) is 24.0 Å². The molecule has 0 bridgehead atoms. The maximum atomic E-state index is 12.2. The topological polar surface area (TPSA) is 46.3 Å². The molecule has 3 nitrogen and oxygen atoms in total. The minimum Gasteiger partial charge on any atom is -0.338 e. The van der Waals surface area contributed by atoms with Crippen molar-refractivity contribution in [2.75, 3.05) is 13.1 Å². The number of hydrogen-bond donors (Lipinski definition) is 1. The van der Waals surface area contributed by atoms with Gasteiger partial charge in [-0.1, -0.05) is 24.3 Å².